The molecule has 1 aliphatic rings. The first-order chi connectivity index (χ1) is 40.2. The maximum atomic E-state index is 15.3. The Morgan fingerprint density at radius 1 is 0.741 bits per heavy atom. The molecule has 0 saturated carbocycles. The van der Waals surface area contributed by atoms with Crippen molar-refractivity contribution in [2.45, 2.75) is 300 Å². The standard InChI is InChI=1S/C59H111N6O19P/c1-7-9-11-13-15-17-19-21-23-25-27-29-31-33-46(69)59(47(70)40-67,52(73)43(63-36-37-81-85(79)80)32-30-28-26-24-22-20-18-16-14-12-10-8-2)84-58(6,62)55(76)64-44(53(61)74)34-35-48(71)65(57(5,42(4)68)56(77)78)38-41(3)82-51-49(60)54(75)83-45(39-66)50(51)72/h41,43-45,47,49-51,54,63,66-67,70,72,75,85H,7-40,60,62H2,1-6H3,(H2,61,74)(H,64,76)(H,77,78)(H,79,80)/t41?,43?,44-,45-,47+,49-,50-,51-,54+,57-,58-,59+/m1/s1. The lowest BCUT2D eigenvalue weighted by Gasteiger charge is -2.43. The zero-order chi connectivity index (χ0) is 64.2. The zero-order valence-electron chi connectivity index (χ0n) is 51.9. The number of nitrogens with two attached hydrogens (primary N) is 3. The number of aliphatic hydroxyl groups excluding tert-OH is 5. The van der Waals surface area contributed by atoms with E-state index in [1.165, 1.54) is 77.6 Å². The first kappa shape index (κ1) is 79.6. The molecule has 3 unspecified atom stereocenters. The molecule has 0 aromatic carbocycles. The number of carboxylic acid groups (broad SMARTS) is 1. The molecule has 496 valence electrons. The Bertz CT molecular complexity index is 1980. The van der Waals surface area contributed by atoms with E-state index in [4.69, 9.17) is 35.9 Å². The molecule has 1 saturated heterocycles. The Labute approximate surface area is 505 Å². The summed E-state index contributed by atoms with van der Waals surface area (Å²) in [5.41, 5.74) is 9.92. The van der Waals surface area contributed by atoms with Crippen molar-refractivity contribution >= 4 is 49.3 Å². The molecule has 15 N–H and O–H groups in total. The third-order valence-corrected chi connectivity index (χ3v) is 16.6. The number of Topliss-reactive ketones (excluding diaryl/α,β-unsaturated/α-hetero) is 3. The highest BCUT2D eigenvalue weighted by Gasteiger charge is 2.58. The molecule has 1 aliphatic heterocycles. The van der Waals surface area contributed by atoms with Crippen molar-refractivity contribution < 1.29 is 92.4 Å². The van der Waals surface area contributed by atoms with Crippen molar-refractivity contribution in [2.24, 2.45) is 17.2 Å². The Hall–Kier alpha value is -3.40. The molecule has 0 bridgehead atoms. The van der Waals surface area contributed by atoms with Gasteiger partial charge in [0.15, 0.2) is 34.9 Å². The fraction of sp³-hybridized carbons (Fsp3) is 0.881. The molecule has 1 fully saturated rings. The fourth-order valence-electron chi connectivity index (χ4n) is 10.6. The number of aliphatic hydroxyl groups is 5. The molecule has 13 atom stereocenters. The lowest BCUT2D eigenvalue weighted by atomic mass is 9.79. The van der Waals surface area contributed by atoms with Gasteiger partial charge in [-0.2, -0.15) is 0 Å². The average molecular weight is 1240 g/mol. The van der Waals surface area contributed by atoms with Crippen LogP contribution in [0.1, 0.15) is 228 Å². The Morgan fingerprint density at radius 2 is 1.22 bits per heavy atom. The van der Waals surface area contributed by atoms with E-state index in [9.17, 15) is 68.9 Å². The van der Waals surface area contributed by atoms with Crippen LogP contribution in [-0.2, 0) is 56.9 Å². The summed E-state index contributed by atoms with van der Waals surface area (Å²) in [4.78, 5) is 108. The Morgan fingerprint density at radius 3 is 1.66 bits per heavy atom. The summed E-state index contributed by atoms with van der Waals surface area (Å²) in [5, 5.41) is 68.8. The number of amides is 3. The molecule has 26 heteroatoms. The van der Waals surface area contributed by atoms with Gasteiger partial charge in [0, 0.05) is 25.9 Å². The molecule has 0 spiro atoms. The number of carbonyl (C=O) groups is 7. The van der Waals surface area contributed by atoms with Gasteiger partial charge < -0.3 is 81.3 Å². The first-order valence-corrected chi connectivity index (χ1v) is 32.6. The number of primary amides is 1. The van der Waals surface area contributed by atoms with E-state index in [0.717, 1.165) is 85.0 Å². The number of unbranched alkanes of at least 4 members (excludes halogenated alkanes) is 23. The van der Waals surface area contributed by atoms with E-state index < -0.39 is 154 Å². The maximum absolute atomic E-state index is 15.3. The van der Waals surface area contributed by atoms with Crippen molar-refractivity contribution in [1.82, 2.24) is 15.5 Å². The highest BCUT2D eigenvalue weighted by Crippen LogP contribution is 2.32. The van der Waals surface area contributed by atoms with Crippen LogP contribution in [0.3, 0.4) is 0 Å². The van der Waals surface area contributed by atoms with Gasteiger partial charge in [-0.15, -0.1) is 0 Å². The molecule has 0 radical (unpaired) electrons. The summed E-state index contributed by atoms with van der Waals surface area (Å²) >= 11 is 0. The molecule has 1 rings (SSSR count). The van der Waals surface area contributed by atoms with Gasteiger partial charge in [0.1, 0.15) is 30.5 Å². The zero-order valence-corrected chi connectivity index (χ0v) is 52.9. The van der Waals surface area contributed by atoms with Gasteiger partial charge in [-0.25, -0.2) is 4.79 Å². The maximum Gasteiger partial charge on any atom is 0.337 e. The number of ether oxygens (including phenoxy) is 3. The quantitative estimate of drug-likeness (QED) is 0.0177. The molecule has 25 nitrogen and oxygen atoms in total. The number of carboxylic acids is 1. The van der Waals surface area contributed by atoms with E-state index in [1.807, 2.05) is 0 Å². The van der Waals surface area contributed by atoms with Crippen molar-refractivity contribution in [3.63, 3.8) is 0 Å². The van der Waals surface area contributed by atoms with Crippen LogP contribution < -0.4 is 27.8 Å². The van der Waals surface area contributed by atoms with Crippen molar-refractivity contribution in [2.75, 3.05) is 32.9 Å². The number of hydrogen-bond acceptors (Lipinski definition) is 20. The second kappa shape index (κ2) is 43.3. The highest BCUT2D eigenvalue weighted by molar-refractivity contribution is 7.32. The third-order valence-electron chi connectivity index (χ3n) is 16.1. The first-order valence-electron chi connectivity index (χ1n) is 31.4. The predicted octanol–water partition coefficient (Wildman–Crippen LogP) is 4.02. The minimum Gasteiger partial charge on any atom is -0.479 e. The molecule has 0 aliphatic carbocycles. The topological polar surface area (TPSA) is 420 Å². The molecule has 3 amide bonds. The van der Waals surface area contributed by atoms with Crippen LogP contribution >= 0.6 is 8.25 Å². The van der Waals surface area contributed by atoms with Crippen LogP contribution in [0.2, 0.25) is 0 Å². The number of nitrogens with zero attached hydrogens (tertiary/aromatic N) is 1. The van der Waals surface area contributed by atoms with E-state index >= 15 is 4.79 Å². The highest BCUT2D eigenvalue weighted by atomic mass is 31.1. The summed E-state index contributed by atoms with van der Waals surface area (Å²) < 4.78 is 33.5. The van der Waals surface area contributed by atoms with E-state index in [-0.39, 0.29) is 32.4 Å². The number of carbonyl (C=O) groups excluding carboxylic acids is 6. The minimum atomic E-state index is -3.38. The van der Waals surface area contributed by atoms with Gasteiger partial charge in [0.2, 0.25) is 17.4 Å². The lowest BCUT2D eigenvalue weighted by molar-refractivity contribution is -0.263. The van der Waals surface area contributed by atoms with Gasteiger partial charge in [0.05, 0.1) is 38.0 Å². The summed E-state index contributed by atoms with van der Waals surface area (Å²) in [5.74, 6) is -8.59. The molecule has 0 aromatic heterocycles. The normalized spacial score (nSPS) is 21.1. The minimum absolute atomic E-state index is 0.0515. The van der Waals surface area contributed by atoms with Gasteiger partial charge >= 0.3 is 14.2 Å². The van der Waals surface area contributed by atoms with Crippen LogP contribution in [0.25, 0.3) is 0 Å². The monoisotopic (exact) mass is 1240 g/mol. The third kappa shape index (κ3) is 27.9. The number of aliphatic carboxylic acids is 1. The Kier molecular flexibility index (Phi) is 40.6. The number of nitrogens with one attached hydrogen (secondary N) is 2. The molecule has 1 heterocycles. The van der Waals surface area contributed by atoms with Crippen LogP contribution in [0.15, 0.2) is 0 Å². The van der Waals surface area contributed by atoms with E-state index in [2.05, 4.69) is 24.5 Å². The Balaban J connectivity index is 3.59. The van der Waals surface area contributed by atoms with Crippen molar-refractivity contribution in [1.29, 1.82) is 0 Å². The summed E-state index contributed by atoms with van der Waals surface area (Å²) in [6, 6.07) is -4.53. The smallest absolute Gasteiger partial charge is 0.337 e. The SMILES string of the molecule is CCCCCCCCCCCCCCCC(=O)[C@@](O[C@@](C)(N)C(=O)N[C@H](CCC(=O)N(CC(C)O[C@@H]1[C@@H](N)[C@@H](O)O[C@H](CO)[C@H]1O)[C@](C)(C(C)=O)C(=O)O)C(N)=O)(C(=O)C(CCCCCCCCCCCCCC)NCCO[PH](=O)O)[C@@H](O)CO. The summed E-state index contributed by atoms with van der Waals surface area (Å²) in [6.07, 6.45) is 13.6. The van der Waals surface area contributed by atoms with E-state index in [0.29, 0.717) is 24.2 Å². The van der Waals surface area contributed by atoms with Crippen LogP contribution in [0.5, 0.6) is 0 Å². The van der Waals surface area contributed by atoms with Crippen LogP contribution in [0, 0.1) is 0 Å². The van der Waals surface area contributed by atoms with E-state index in [1.54, 1.807) is 0 Å². The van der Waals surface area contributed by atoms with Gasteiger partial charge in [-0.3, -0.25) is 39.1 Å². The van der Waals surface area contributed by atoms with Crippen molar-refractivity contribution in [3.8, 4) is 0 Å². The van der Waals surface area contributed by atoms with Gasteiger partial charge in [-0.05, 0) is 47.0 Å². The lowest BCUT2D eigenvalue weighted by Crippen LogP contribution is -2.70. The van der Waals surface area contributed by atoms with Crippen molar-refractivity contribution in [3.05, 3.63) is 0 Å². The summed E-state index contributed by atoms with van der Waals surface area (Å²) in [7, 11) is -3.38. The van der Waals surface area contributed by atoms with Crippen LogP contribution in [0.4, 0.5) is 0 Å². The average Bonchev–Trinajstić information content (AvgIpc) is 1.21. The van der Waals surface area contributed by atoms with Gasteiger partial charge in [-0.1, -0.05) is 168 Å². The molecule has 85 heavy (non-hydrogen) atoms. The number of hydrogen-bond donors (Lipinski definition) is 12. The largest absolute Gasteiger partial charge is 0.479 e. The van der Waals surface area contributed by atoms with Crippen LogP contribution in [-0.4, -0.2) is 186 Å². The molecule has 0 aromatic rings. The number of rotatable bonds is 53. The van der Waals surface area contributed by atoms with Gasteiger partial charge in [0.25, 0.3) is 5.91 Å². The second-order valence-electron chi connectivity index (χ2n) is 23.4. The predicted molar refractivity (Wildman–Crippen MR) is 320 cm³/mol. The summed E-state index contributed by atoms with van der Waals surface area (Å²) in [6.45, 7) is 5.35. The second-order valence-corrected chi connectivity index (χ2v) is 24.2. The fourth-order valence-corrected chi connectivity index (χ4v) is 10.9. The number of ketones is 3. The molecular formula is C59H111N6O19P. The molecular weight excluding hydrogens is 1130 g/mol.